The standard InChI is InChI=1S/C26H29NO4/c1-6-30-24-12-7-20(26(28)27-25-18(3)13-17(2)14-19(25)4)15-21(24)16-31-23-10-8-22(29-5)9-11-23/h7-15H,6,16H2,1-5H3,(H,27,28). The fourth-order valence-corrected chi connectivity index (χ4v) is 3.53. The smallest absolute Gasteiger partial charge is 0.255 e. The second-order valence-electron chi connectivity index (χ2n) is 7.45. The van der Waals surface area contributed by atoms with Crippen LogP contribution in [0, 0.1) is 20.8 Å². The lowest BCUT2D eigenvalue weighted by atomic mass is 10.0. The molecule has 5 nitrogen and oxygen atoms in total. The third kappa shape index (κ3) is 5.57. The van der Waals surface area contributed by atoms with Crippen LogP contribution in [0.3, 0.4) is 0 Å². The van der Waals surface area contributed by atoms with Gasteiger partial charge in [0.2, 0.25) is 0 Å². The fourth-order valence-electron chi connectivity index (χ4n) is 3.53. The number of rotatable bonds is 8. The van der Waals surface area contributed by atoms with Crippen LogP contribution in [0.15, 0.2) is 54.6 Å². The van der Waals surface area contributed by atoms with Crippen LogP contribution >= 0.6 is 0 Å². The summed E-state index contributed by atoms with van der Waals surface area (Å²) >= 11 is 0. The zero-order chi connectivity index (χ0) is 22.4. The molecule has 0 aliphatic carbocycles. The minimum atomic E-state index is -0.163. The van der Waals surface area contributed by atoms with Crippen molar-refractivity contribution < 1.29 is 19.0 Å². The average molecular weight is 420 g/mol. The predicted octanol–water partition coefficient (Wildman–Crippen LogP) is 5.85. The molecule has 0 spiro atoms. The molecular weight excluding hydrogens is 390 g/mol. The topological polar surface area (TPSA) is 56.8 Å². The molecule has 5 heteroatoms. The van der Waals surface area contributed by atoms with E-state index in [0.29, 0.717) is 23.7 Å². The number of aryl methyl sites for hydroxylation is 3. The summed E-state index contributed by atoms with van der Waals surface area (Å²) in [7, 11) is 1.63. The molecule has 0 unspecified atom stereocenters. The van der Waals surface area contributed by atoms with Gasteiger partial charge >= 0.3 is 0 Å². The monoisotopic (exact) mass is 419 g/mol. The quantitative estimate of drug-likeness (QED) is 0.498. The predicted molar refractivity (Wildman–Crippen MR) is 124 cm³/mol. The van der Waals surface area contributed by atoms with Crippen molar-refractivity contribution in [1.29, 1.82) is 0 Å². The SMILES string of the molecule is CCOc1ccc(C(=O)Nc2c(C)cc(C)cc2C)cc1COc1ccc(OC)cc1. The Bertz CT molecular complexity index is 1030. The van der Waals surface area contributed by atoms with E-state index in [1.807, 2.05) is 64.1 Å². The van der Waals surface area contributed by atoms with Crippen LogP contribution in [0.2, 0.25) is 0 Å². The zero-order valence-electron chi connectivity index (χ0n) is 18.7. The highest BCUT2D eigenvalue weighted by atomic mass is 16.5. The van der Waals surface area contributed by atoms with E-state index in [0.717, 1.165) is 28.1 Å². The first-order valence-electron chi connectivity index (χ1n) is 10.3. The van der Waals surface area contributed by atoms with Crippen LogP contribution in [0.5, 0.6) is 17.2 Å². The molecule has 0 aliphatic heterocycles. The second-order valence-corrected chi connectivity index (χ2v) is 7.45. The molecule has 1 amide bonds. The van der Waals surface area contributed by atoms with E-state index in [2.05, 4.69) is 17.4 Å². The maximum Gasteiger partial charge on any atom is 0.255 e. The maximum atomic E-state index is 13.0. The molecule has 0 fully saturated rings. The van der Waals surface area contributed by atoms with Gasteiger partial charge in [0.1, 0.15) is 23.9 Å². The van der Waals surface area contributed by atoms with Gasteiger partial charge in [-0.1, -0.05) is 17.7 Å². The summed E-state index contributed by atoms with van der Waals surface area (Å²) in [5, 5.41) is 3.05. The van der Waals surface area contributed by atoms with E-state index in [9.17, 15) is 4.79 Å². The summed E-state index contributed by atoms with van der Waals surface area (Å²) in [5.41, 5.74) is 5.46. The second kappa shape index (κ2) is 10.0. The van der Waals surface area contributed by atoms with E-state index in [1.165, 1.54) is 5.56 Å². The molecule has 0 atom stereocenters. The minimum absolute atomic E-state index is 0.163. The Morgan fingerprint density at radius 2 is 1.52 bits per heavy atom. The maximum absolute atomic E-state index is 13.0. The average Bonchev–Trinajstić information content (AvgIpc) is 2.76. The van der Waals surface area contributed by atoms with Gasteiger partial charge in [-0.25, -0.2) is 0 Å². The van der Waals surface area contributed by atoms with Crippen molar-refractivity contribution >= 4 is 11.6 Å². The number of carbonyl (C=O) groups excluding carboxylic acids is 1. The molecule has 0 bridgehead atoms. The lowest BCUT2D eigenvalue weighted by Gasteiger charge is -2.15. The minimum Gasteiger partial charge on any atom is -0.497 e. The molecule has 0 radical (unpaired) electrons. The largest absolute Gasteiger partial charge is 0.497 e. The number of methoxy groups -OCH3 is 1. The summed E-state index contributed by atoms with van der Waals surface area (Å²) in [4.78, 5) is 13.0. The van der Waals surface area contributed by atoms with Crippen molar-refractivity contribution in [2.45, 2.75) is 34.3 Å². The normalized spacial score (nSPS) is 10.5. The van der Waals surface area contributed by atoms with Crippen LogP contribution in [-0.4, -0.2) is 19.6 Å². The lowest BCUT2D eigenvalue weighted by Crippen LogP contribution is -2.15. The molecule has 3 rings (SSSR count). The summed E-state index contributed by atoms with van der Waals surface area (Å²) in [6.07, 6.45) is 0. The van der Waals surface area contributed by atoms with E-state index < -0.39 is 0 Å². The highest BCUT2D eigenvalue weighted by Gasteiger charge is 2.14. The zero-order valence-corrected chi connectivity index (χ0v) is 18.7. The summed E-state index contributed by atoms with van der Waals surface area (Å²) in [6, 6.07) is 16.9. The number of nitrogens with one attached hydrogen (secondary N) is 1. The van der Waals surface area contributed by atoms with Gasteiger partial charge in [0.05, 0.1) is 13.7 Å². The molecule has 162 valence electrons. The first-order chi connectivity index (χ1) is 14.9. The van der Waals surface area contributed by atoms with Gasteiger partial charge in [0.25, 0.3) is 5.91 Å². The van der Waals surface area contributed by atoms with Crippen LogP contribution in [-0.2, 0) is 6.61 Å². The Hall–Kier alpha value is -3.47. The molecule has 31 heavy (non-hydrogen) atoms. The number of carbonyl (C=O) groups is 1. The molecular formula is C26H29NO4. The Morgan fingerprint density at radius 3 is 2.13 bits per heavy atom. The Kier molecular flexibility index (Phi) is 7.19. The summed E-state index contributed by atoms with van der Waals surface area (Å²) in [5.74, 6) is 2.02. The number of hydrogen-bond donors (Lipinski definition) is 1. The number of hydrogen-bond acceptors (Lipinski definition) is 4. The lowest BCUT2D eigenvalue weighted by molar-refractivity contribution is 0.102. The fraction of sp³-hybridized carbons (Fsp3) is 0.269. The van der Waals surface area contributed by atoms with E-state index in [-0.39, 0.29) is 12.5 Å². The first kappa shape index (κ1) is 22.2. The molecule has 0 aliphatic rings. The van der Waals surface area contributed by atoms with Crippen molar-refractivity contribution in [3.05, 3.63) is 82.4 Å². The molecule has 3 aromatic rings. The van der Waals surface area contributed by atoms with Crippen LogP contribution in [0.1, 0.15) is 39.5 Å². The number of benzene rings is 3. The van der Waals surface area contributed by atoms with Crippen molar-refractivity contribution in [3.8, 4) is 17.2 Å². The van der Waals surface area contributed by atoms with Gasteiger partial charge in [-0.15, -0.1) is 0 Å². The van der Waals surface area contributed by atoms with Crippen LogP contribution in [0.25, 0.3) is 0 Å². The Balaban J connectivity index is 1.80. The molecule has 0 saturated carbocycles. The van der Waals surface area contributed by atoms with Crippen molar-refractivity contribution in [2.75, 3.05) is 19.0 Å². The van der Waals surface area contributed by atoms with Crippen molar-refractivity contribution in [3.63, 3.8) is 0 Å². The Morgan fingerprint density at radius 1 is 0.871 bits per heavy atom. The summed E-state index contributed by atoms with van der Waals surface area (Å²) < 4.78 is 16.8. The molecule has 0 heterocycles. The molecule has 1 N–H and O–H groups in total. The highest BCUT2D eigenvalue weighted by Crippen LogP contribution is 2.26. The van der Waals surface area contributed by atoms with E-state index in [4.69, 9.17) is 14.2 Å². The van der Waals surface area contributed by atoms with E-state index in [1.54, 1.807) is 13.2 Å². The number of amides is 1. The van der Waals surface area contributed by atoms with Gasteiger partial charge in [-0.05, 0) is 81.3 Å². The molecule has 0 saturated heterocycles. The molecule has 3 aromatic carbocycles. The highest BCUT2D eigenvalue weighted by molar-refractivity contribution is 6.05. The van der Waals surface area contributed by atoms with Crippen molar-refractivity contribution in [1.82, 2.24) is 0 Å². The van der Waals surface area contributed by atoms with Gasteiger partial charge in [0, 0.05) is 16.8 Å². The Labute approximate surface area is 184 Å². The molecule has 0 aromatic heterocycles. The van der Waals surface area contributed by atoms with Gasteiger partial charge in [-0.3, -0.25) is 4.79 Å². The third-order valence-corrected chi connectivity index (χ3v) is 4.99. The number of ether oxygens (including phenoxy) is 3. The summed E-state index contributed by atoms with van der Waals surface area (Å²) in [6.45, 7) is 8.79. The third-order valence-electron chi connectivity index (χ3n) is 4.99. The van der Waals surface area contributed by atoms with Gasteiger partial charge in [-0.2, -0.15) is 0 Å². The van der Waals surface area contributed by atoms with Gasteiger partial charge in [0.15, 0.2) is 0 Å². The van der Waals surface area contributed by atoms with E-state index >= 15 is 0 Å². The first-order valence-corrected chi connectivity index (χ1v) is 10.3. The van der Waals surface area contributed by atoms with Crippen molar-refractivity contribution in [2.24, 2.45) is 0 Å². The number of anilines is 1. The van der Waals surface area contributed by atoms with Crippen LogP contribution < -0.4 is 19.5 Å². The van der Waals surface area contributed by atoms with Gasteiger partial charge < -0.3 is 19.5 Å². The van der Waals surface area contributed by atoms with Crippen LogP contribution in [0.4, 0.5) is 5.69 Å².